The number of carbonyl (C=O) groups excluding carboxylic acids is 1. The highest BCUT2D eigenvalue weighted by molar-refractivity contribution is 5.94. The Hall–Kier alpha value is -2.58. The van der Waals surface area contributed by atoms with Crippen LogP contribution in [-0.4, -0.2) is 50.0 Å². The van der Waals surface area contributed by atoms with Gasteiger partial charge in [-0.3, -0.25) is 9.69 Å². The summed E-state index contributed by atoms with van der Waals surface area (Å²) in [5.41, 5.74) is 1.22. The van der Waals surface area contributed by atoms with Crippen LogP contribution in [0.15, 0.2) is 54.6 Å². The fourth-order valence-electron chi connectivity index (χ4n) is 3.01. The van der Waals surface area contributed by atoms with E-state index in [9.17, 15) is 18.0 Å². The number of morpholine rings is 1. The summed E-state index contributed by atoms with van der Waals surface area (Å²) in [7, 11) is 0. The number of amides is 1. The molecule has 1 amide bonds. The summed E-state index contributed by atoms with van der Waals surface area (Å²) in [4.78, 5) is 14.9. The van der Waals surface area contributed by atoms with Crippen LogP contribution < -0.4 is 10.1 Å². The minimum atomic E-state index is -4.76. The Kier molecular flexibility index (Phi) is 6.53. The molecule has 0 spiro atoms. The van der Waals surface area contributed by atoms with Gasteiger partial charge in [0.15, 0.2) is 0 Å². The van der Waals surface area contributed by atoms with Crippen molar-refractivity contribution in [3.05, 3.63) is 65.7 Å². The van der Waals surface area contributed by atoms with E-state index in [-0.39, 0.29) is 23.3 Å². The molecule has 0 saturated carbocycles. The van der Waals surface area contributed by atoms with Gasteiger partial charge in [-0.15, -0.1) is 13.2 Å². The molecule has 0 unspecified atom stereocenters. The summed E-state index contributed by atoms with van der Waals surface area (Å²) in [5.74, 6) is -0.724. The van der Waals surface area contributed by atoms with E-state index >= 15 is 0 Å². The number of rotatable bonds is 6. The van der Waals surface area contributed by atoms with Gasteiger partial charge in [0.1, 0.15) is 5.75 Å². The summed E-state index contributed by atoms with van der Waals surface area (Å²) in [6, 6.07) is 14.2. The Morgan fingerprint density at radius 1 is 1.07 bits per heavy atom. The average molecular weight is 394 g/mol. The van der Waals surface area contributed by atoms with Gasteiger partial charge in [-0.1, -0.05) is 30.3 Å². The fourth-order valence-corrected chi connectivity index (χ4v) is 3.01. The fraction of sp³-hybridized carbons (Fsp3) is 0.350. The zero-order chi connectivity index (χ0) is 20.0. The Morgan fingerprint density at radius 2 is 1.71 bits per heavy atom. The number of carbonyl (C=O) groups is 1. The maximum Gasteiger partial charge on any atom is 0.573 e. The molecule has 0 bridgehead atoms. The van der Waals surface area contributed by atoms with E-state index in [1.54, 1.807) is 0 Å². The molecular formula is C20H21F3N2O3. The molecule has 1 aliphatic rings. The third-order valence-electron chi connectivity index (χ3n) is 4.40. The van der Waals surface area contributed by atoms with Gasteiger partial charge in [-0.2, -0.15) is 0 Å². The van der Waals surface area contributed by atoms with E-state index in [0.29, 0.717) is 19.8 Å². The highest BCUT2D eigenvalue weighted by Crippen LogP contribution is 2.23. The molecule has 1 heterocycles. The van der Waals surface area contributed by atoms with E-state index < -0.39 is 6.36 Å². The first-order chi connectivity index (χ1) is 13.4. The Balaban J connectivity index is 1.69. The molecule has 8 heteroatoms. The molecule has 1 aliphatic heterocycles. The molecule has 1 saturated heterocycles. The Labute approximate surface area is 161 Å². The predicted molar refractivity (Wildman–Crippen MR) is 97.0 cm³/mol. The van der Waals surface area contributed by atoms with Crippen LogP contribution in [0.5, 0.6) is 5.75 Å². The lowest BCUT2D eigenvalue weighted by molar-refractivity contribution is -0.274. The third kappa shape index (κ3) is 5.97. The van der Waals surface area contributed by atoms with Crippen LogP contribution in [0.4, 0.5) is 13.2 Å². The second-order valence-corrected chi connectivity index (χ2v) is 6.42. The highest BCUT2D eigenvalue weighted by Gasteiger charge is 2.31. The number of nitrogens with one attached hydrogen (secondary N) is 1. The summed E-state index contributed by atoms with van der Waals surface area (Å²) in [6.45, 7) is 3.48. The molecule has 5 nitrogen and oxygen atoms in total. The molecule has 1 atom stereocenters. The van der Waals surface area contributed by atoms with E-state index in [1.807, 2.05) is 30.3 Å². The lowest BCUT2D eigenvalue weighted by atomic mass is 10.1. The molecule has 0 radical (unpaired) electrons. The zero-order valence-electron chi connectivity index (χ0n) is 15.1. The standard InChI is InChI=1S/C20H21F3N2O3/c21-20(22,23)28-17-8-6-16(7-9-17)19(26)24-18(15-4-2-1-3-5-15)14-25-10-12-27-13-11-25/h1-9,18H,10-14H2,(H,24,26)/t18-/m0/s1. The largest absolute Gasteiger partial charge is 0.573 e. The quantitative estimate of drug-likeness (QED) is 0.816. The summed E-state index contributed by atoms with van der Waals surface area (Å²) in [6.07, 6.45) is -4.76. The Morgan fingerprint density at radius 3 is 2.32 bits per heavy atom. The smallest absolute Gasteiger partial charge is 0.406 e. The zero-order valence-corrected chi connectivity index (χ0v) is 15.1. The minimum Gasteiger partial charge on any atom is -0.406 e. The number of halogens is 3. The van der Waals surface area contributed by atoms with Crippen LogP contribution in [0, 0.1) is 0 Å². The molecule has 1 N–H and O–H groups in total. The van der Waals surface area contributed by atoms with E-state index in [2.05, 4.69) is 15.0 Å². The summed E-state index contributed by atoms with van der Waals surface area (Å²) >= 11 is 0. The number of alkyl halides is 3. The van der Waals surface area contributed by atoms with Gasteiger partial charge in [0, 0.05) is 25.2 Å². The molecule has 1 fully saturated rings. The van der Waals surface area contributed by atoms with Crippen molar-refractivity contribution >= 4 is 5.91 Å². The molecule has 0 aromatic heterocycles. The SMILES string of the molecule is O=C(N[C@@H](CN1CCOCC1)c1ccccc1)c1ccc(OC(F)(F)F)cc1. The van der Waals surface area contributed by atoms with Crippen molar-refractivity contribution in [1.82, 2.24) is 10.2 Å². The van der Waals surface area contributed by atoms with Crippen molar-refractivity contribution in [2.24, 2.45) is 0 Å². The number of ether oxygens (including phenoxy) is 2. The second-order valence-electron chi connectivity index (χ2n) is 6.42. The third-order valence-corrected chi connectivity index (χ3v) is 4.40. The molecule has 28 heavy (non-hydrogen) atoms. The van der Waals surface area contributed by atoms with Gasteiger partial charge in [0.2, 0.25) is 0 Å². The van der Waals surface area contributed by atoms with E-state index in [4.69, 9.17) is 4.74 Å². The summed E-state index contributed by atoms with van der Waals surface area (Å²) < 4.78 is 46.0. The highest BCUT2D eigenvalue weighted by atomic mass is 19.4. The maximum absolute atomic E-state index is 12.6. The first-order valence-electron chi connectivity index (χ1n) is 8.92. The van der Waals surface area contributed by atoms with Gasteiger partial charge >= 0.3 is 6.36 Å². The van der Waals surface area contributed by atoms with Crippen molar-refractivity contribution in [1.29, 1.82) is 0 Å². The van der Waals surface area contributed by atoms with Gasteiger partial charge in [-0.25, -0.2) is 0 Å². The Bertz CT molecular complexity index is 761. The topological polar surface area (TPSA) is 50.8 Å². The lowest BCUT2D eigenvalue weighted by Gasteiger charge is -2.31. The van der Waals surface area contributed by atoms with Gasteiger partial charge < -0.3 is 14.8 Å². The maximum atomic E-state index is 12.6. The second kappa shape index (κ2) is 9.07. The predicted octanol–water partition coefficient (Wildman–Crippen LogP) is 3.39. The molecule has 3 rings (SSSR count). The van der Waals surface area contributed by atoms with Crippen LogP contribution in [-0.2, 0) is 4.74 Å². The molecule has 0 aliphatic carbocycles. The van der Waals surface area contributed by atoms with Crippen LogP contribution in [0.1, 0.15) is 22.0 Å². The number of nitrogens with zero attached hydrogens (tertiary/aromatic N) is 1. The van der Waals surface area contributed by atoms with Crippen molar-refractivity contribution in [2.75, 3.05) is 32.8 Å². The first-order valence-corrected chi connectivity index (χ1v) is 8.92. The average Bonchev–Trinajstić information content (AvgIpc) is 2.68. The van der Waals surface area contributed by atoms with Crippen LogP contribution in [0.3, 0.4) is 0 Å². The molecule has 2 aromatic rings. The molecule has 150 valence electrons. The van der Waals surface area contributed by atoms with Crippen LogP contribution >= 0.6 is 0 Å². The number of benzene rings is 2. The van der Waals surface area contributed by atoms with Crippen LogP contribution in [0.25, 0.3) is 0 Å². The van der Waals surface area contributed by atoms with Gasteiger partial charge in [-0.05, 0) is 29.8 Å². The molecular weight excluding hydrogens is 373 g/mol. The summed E-state index contributed by atoms with van der Waals surface area (Å²) in [5, 5.41) is 2.98. The van der Waals surface area contributed by atoms with E-state index in [1.165, 1.54) is 12.1 Å². The lowest BCUT2D eigenvalue weighted by Crippen LogP contribution is -2.43. The normalized spacial score (nSPS) is 16.4. The first kappa shape index (κ1) is 20.2. The van der Waals surface area contributed by atoms with Crippen molar-refractivity contribution in [3.63, 3.8) is 0 Å². The number of hydrogen-bond donors (Lipinski definition) is 1. The van der Waals surface area contributed by atoms with E-state index in [0.717, 1.165) is 30.8 Å². The minimum absolute atomic E-state index is 0.252. The van der Waals surface area contributed by atoms with Crippen molar-refractivity contribution < 1.29 is 27.4 Å². The van der Waals surface area contributed by atoms with Crippen molar-refractivity contribution in [2.45, 2.75) is 12.4 Å². The van der Waals surface area contributed by atoms with Crippen LogP contribution in [0.2, 0.25) is 0 Å². The number of hydrogen-bond acceptors (Lipinski definition) is 4. The molecule has 2 aromatic carbocycles. The monoisotopic (exact) mass is 394 g/mol. The van der Waals surface area contributed by atoms with Gasteiger partial charge in [0.25, 0.3) is 5.91 Å². The van der Waals surface area contributed by atoms with Gasteiger partial charge in [0.05, 0.1) is 19.3 Å². The van der Waals surface area contributed by atoms with Crippen molar-refractivity contribution in [3.8, 4) is 5.75 Å².